The van der Waals surface area contributed by atoms with Crippen molar-refractivity contribution in [1.82, 2.24) is 0 Å². The summed E-state index contributed by atoms with van der Waals surface area (Å²) < 4.78 is 16.6. The highest BCUT2D eigenvalue weighted by Gasteiger charge is 2.43. The first-order valence-corrected chi connectivity index (χ1v) is 11.4. The molecule has 6 nitrogen and oxygen atoms in total. The molecule has 0 aromatic rings. The summed E-state index contributed by atoms with van der Waals surface area (Å²) in [5.74, 6) is -0.579. The van der Waals surface area contributed by atoms with E-state index >= 15 is 0 Å². The van der Waals surface area contributed by atoms with Crippen LogP contribution < -0.4 is 0 Å². The Labute approximate surface area is 175 Å². The minimum absolute atomic E-state index is 0.0518. The fourth-order valence-corrected chi connectivity index (χ4v) is 4.69. The first-order valence-electron chi connectivity index (χ1n) is 11.4. The highest BCUT2D eigenvalue weighted by Crippen LogP contribution is 2.41. The number of methoxy groups -OCH3 is 1. The second-order valence-corrected chi connectivity index (χ2v) is 8.48. The van der Waals surface area contributed by atoms with Crippen LogP contribution in [0.3, 0.4) is 0 Å². The van der Waals surface area contributed by atoms with Gasteiger partial charge in [0.15, 0.2) is 5.79 Å². The summed E-state index contributed by atoms with van der Waals surface area (Å²) >= 11 is 0. The van der Waals surface area contributed by atoms with E-state index < -0.39 is 18.0 Å². The maximum absolute atomic E-state index is 11.1. The van der Waals surface area contributed by atoms with Gasteiger partial charge in [-0.25, -0.2) is 0 Å². The number of unbranched alkanes of at least 4 members (excludes halogenated alkanes) is 3. The van der Waals surface area contributed by atoms with Gasteiger partial charge in [0.1, 0.15) is 0 Å². The predicted molar refractivity (Wildman–Crippen MR) is 111 cm³/mol. The summed E-state index contributed by atoms with van der Waals surface area (Å²) in [5.41, 5.74) is 0. The average molecular weight is 413 g/mol. The zero-order valence-electron chi connectivity index (χ0n) is 18.2. The van der Waals surface area contributed by atoms with Crippen LogP contribution in [0.2, 0.25) is 0 Å². The summed E-state index contributed by atoms with van der Waals surface area (Å²) in [6.45, 7) is 3.46. The normalized spacial score (nSPS) is 29.0. The summed E-state index contributed by atoms with van der Waals surface area (Å²) in [6, 6.07) is 0. The Kier molecular flexibility index (Phi) is 10.6. The van der Waals surface area contributed by atoms with E-state index in [-0.39, 0.29) is 17.8 Å². The first-order chi connectivity index (χ1) is 14.0. The molecular weight excluding hydrogens is 372 g/mol. The van der Waals surface area contributed by atoms with Crippen molar-refractivity contribution in [1.29, 1.82) is 0 Å². The molecule has 2 fully saturated rings. The Balaban J connectivity index is 1.82. The van der Waals surface area contributed by atoms with Gasteiger partial charge in [-0.2, -0.15) is 0 Å². The van der Waals surface area contributed by atoms with Gasteiger partial charge in [-0.05, 0) is 50.4 Å². The van der Waals surface area contributed by atoms with Gasteiger partial charge in [0.05, 0.1) is 32.5 Å². The van der Waals surface area contributed by atoms with Crippen LogP contribution in [0.4, 0.5) is 0 Å². The Hall–Kier alpha value is -0.950. The molecule has 1 aliphatic carbocycles. The second kappa shape index (κ2) is 12.7. The van der Waals surface area contributed by atoms with Crippen LogP contribution in [0.15, 0.2) is 12.2 Å². The van der Waals surface area contributed by atoms with Gasteiger partial charge in [-0.15, -0.1) is 0 Å². The lowest BCUT2D eigenvalue weighted by Crippen LogP contribution is -2.33. The number of hydrogen-bond donors (Lipinski definition) is 2. The number of rotatable bonds is 13. The third-order valence-corrected chi connectivity index (χ3v) is 6.41. The van der Waals surface area contributed by atoms with Crippen LogP contribution in [-0.2, 0) is 19.0 Å². The van der Waals surface area contributed by atoms with Crippen LogP contribution in [0.25, 0.3) is 0 Å². The maximum atomic E-state index is 11.1. The third-order valence-electron chi connectivity index (χ3n) is 6.41. The van der Waals surface area contributed by atoms with Gasteiger partial charge in [0.25, 0.3) is 0 Å². The molecule has 0 amide bonds. The maximum Gasteiger partial charge on any atom is 0.305 e. The van der Waals surface area contributed by atoms with Crippen molar-refractivity contribution in [3.05, 3.63) is 12.2 Å². The van der Waals surface area contributed by atoms with Crippen LogP contribution in [-0.4, -0.2) is 54.5 Å². The molecule has 29 heavy (non-hydrogen) atoms. The zero-order chi connectivity index (χ0) is 21.1. The van der Waals surface area contributed by atoms with Crippen molar-refractivity contribution < 1.29 is 29.2 Å². The van der Waals surface area contributed by atoms with Crippen LogP contribution in [0.1, 0.15) is 77.6 Å². The van der Waals surface area contributed by atoms with Crippen molar-refractivity contribution >= 4 is 5.97 Å². The highest BCUT2D eigenvalue weighted by atomic mass is 16.7. The number of hydrogen-bond acceptors (Lipinski definition) is 6. The molecule has 1 aliphatic heterocycles. The molecule has 2 N–H and O–H groups in total. The fraction of sp³-hybridized carbons (Fsp3) is 0.870. The van der Waals surface area contributed by atoms with Gasteiger partial charge in [0, 0.05) is 19.3 Å². The molecule has 0 aromatic heterocycles. The van der Waals surface area contributed by atoms with Crippen molar-refractivity contribution in [2.24, 2.45) is 11.8 Å². The van der Waals surface area contributed by atoms with Crippen molar-refractivity contribution in [2.45, 2.75) is 95.5 Å². The fourth-order valence-electron chi connectivity index (χ4n) is 4.69. The molecular formula is C23H40O6. The number of ether oxygens (including phenoxy) is 3. The Bertz CT molecular complexity index is 500. The molecule has 2 aliphatic rings. The lowest BCUT2D eigenvalue weighted by Gasteiger charge is -2.31. The van der Waals surface area contributed by atoms with Crippen molar-refractivity contribution in [3.8, 4) is 0 Å². The van der Waals surface area contributed by atoms with Crippen LogP contribution >= 0.6 is 0 Å². The molecule has 1 saturated heterocycles. The quantitative estimate of drug-likeness (QED) is 0.272. The van der Waals surface area contributed by atoms with E-state index in [1.54, 1.807) is 0 Å². The second-order valence-electron chi connectivity index (χ2n) is 8.48. The van der Waals surface area contributed by atoms with Gasteiger partial charge < -0.3 is 24.4 Å². The Morgan fingerprint density at radius 3 is 2.48 bits per heavy atom. The van der Waals surface area contributed by atoms with Gasteiger partial charge in [0.2, 0.25) is 0 Å². The SMILES string of the molecule is CCCCCC1(CC[C@@H]2C(CC=CCCCC(=O)OC)[C@@H](O)C[C@H]2O)OCCO1. The minimum atomic E-state index is -0.503. The van der Waals surface area contributed by atoms with E-state index in [1.165, 1.54) is 13.5 Å². The monoisotopic (exact) mass is 412 g/mol. The third kappa shape index (κ3) is 7.67. The topological polar surface area (TPSA) is 85.2 Å². The molecule has 6 heteroatoms. The number of aliphatic hydroxyl groups is 2. The Morgan fingerprint density at radius 2 is 1.79 bits per heavy atom. The molecule has 4 atom stereocenters. The van der Waals surface area contributed by atoms with E-state index in [1.807, 2.05) is 0 Å². The molecule has 1 unspecified atom stereocenters. The van der Waals surface area contributed by atoms with E-state index in [0.29, 0.717) is 26.1 Å². The summed E-state index contributed by atoms with van der Waals surface area (Å²) in [6.07, 6.45) is 12.3. The van der Waals surface area contributed by atoms with Crippen molar-refractivity contribution in [3.63, 3.8) is 0 Å². The lowest BCUT2D eigenvalue weighted by atomic mass is 9.85. The number of carbonyl (C=O) groups is 1. The molecule has 1 heterocycles. The molecule has 0 bridgehead atoms. The van der Waals surface area contributed by atoms with Crippen molar-refractivity contribution in [2.75, 3.05) is 20.3 Å². The summed E-state index contributed by atoms with van der Waals surface area (Å²) in [7, 11) is 1.40. The van der Waals surface area contributed by atoms with E-state index in [0.717, 1.165) is 51.4 Å². The van der Waals surface area contributed by atoms with E-state index in [9.17, 15) is 15.0 Å². The predicted octanol–water partition coefficient (Wildman–Crippen LogP) is 3.74. The largest absolute Gasteiger partial charge is 0.469 e. The van der Waals surface area contributed by atoms with Gasteiger partial charge >= 0.3 is 5.97 Å². The molecule has 1 saturated carbocycles. The number of aliphatic hydroxyl groups excluding tert-OH is 2. The average Bonchev–Trinajstić information content (AvgIpc) is 3.27. The lowest BCUT2D eigenvalue weighted by molar-refractivity contribution is -0.171. The van der Waals surface area contributed by atoms with Crippen LogP contribution in [0.5, 0.6) is 0 Å². The standard InChI is InChI=1S/C23H40O6/c1-3-4-9-13-23(28-15-16-29-23)14-12-19-18(20(24)17-21(19)25)10-7-5-6-8-11-22(26)27-2/h5,7,18-21,24-25H,3-4,6,8-17H2,1-2H3/t18?,19-,20+,21-/m1/s1. The van der Waals surface area contributed by atoms with Crippen LogP contribution in [0, 0.1) is 11.8 Å². The van der Waals surface area contributed by atoms with Gasteiger partial charge in [-0.3, -0.25) is 4.79 Å². The first kappa shape index (κ1) is 24.3. The molecule has 0 radical (unpaired) electrons. The number of esters is 1. The van der Waals surface area contributed by atoms with E-state index in [2.05, 4.69) is 23.8 Å². The van der Waals surface area contributed by atoms with Gasteiger partial charge in [-0.1, -0.05) is 31.9 Å². The smallest absolute Gasteiger partial charge is 0.305 e. The highest BCUT2D eigenvalue weighted by molar-refractivity contribution is 5.69. The molecule has 2 rings (SSSR count). The molecule has 0 aromatic carbocycles. The zero-order valence-corrected chi connectivity index (χ0v) is 18.2. The number of allylic oxidation sites excluding steroid dienone is 2. The summed E-state index contributed by atoms with van der Waals surface area (Å²) in [4.78, 5) is 11.1. The summed E-state index contributed by atoms with van der Waals surface area (Å²) in [5, 5.41) is 21.0. The molecule has 0 spiro atoms. The minimum Gasteiger partial charge on any atom is -0.469 e. The number of carbonyl (C=O) groups excluding carboxylic acids is 1. The molecule has 168 valence electrons. The Morgan fingerprint density at radius 1 is 1.07 bits per heavy atom. The van der Waals surface area contributed by atoms with E-state index in [4.69, 9.17) is 9.47 Å².